The van der Waals surface area contributed by atoms with Crippen molar-refractivity contribution < 1.29 is 9.59 Å². The van der Waals surface area contributed by atoms with Gasteiger partial charge in [0.25, 0.3) is 0 Å². The van der Waals surface area contributed by atoms with E-state index in [1.165, 1.54) is 11.6 Å². The molecule has 0 unspecified atom stereocenters. The first-order valence-corrected chi connectivity index (χ1v) is 8.50. The van der Waals surface area contributed by atoms with Gasteiger partial charge in [-0.05, 0) is 42.0 Å². The molecule has 1 N–H and O–H groups in total. The van der Waals surface area contributed by atoms with Crippen molar-refractivity contribution in [3.8, 4) is 0 Å². The Kier molecular flexibility index (Phi) is 4.88. The third kappa shape index (κ3) is 3.87. The molecule has 1 aromatic carbocycles. The van der Waals surface area contributed by atoms with Gasteiger partial charge in [0.15, 0.2) is 0 Å². The summed E-state index contributed by atoms with van der Waals surface area (Å²) in [4.78, 5) is 27.0. The normalized spacial score (nSPS) is 13.8. The molecule has 0 aliphatic carbocycles. The fourth-order valence-corrected chi connectivity index (χ4v) is 3.27. The average Bonchev–Trinajstić information content (AvgIpc) is 3.11. The predicted octanol–water partition coefficient (Wildman–Crippen LogP) is 2.86. The minimum absolute atomic E-state index is 0.0158. The maximum absolute atomic E-state index is 12.4. The maximum Gasteiger partial charge on any atom is 0.246 e. The van der Waals surface area contributed by atoms with Gasteiger partial charge in [0.2, 0.25) is 11.8 Å². The van der Waals surface area contributed by atoms with E-state index in [1.807, 2.05) is 35.7 Å². The number of aryl methyl sites for hydroxylation is 1. The summed E-state index contributed by atoms with van der Waals surface area (Å²) < 4.78 is 0. The first kappa shape index (κ1) is 15.5. The molecule has 2 heterocycles. The lowest BCUT2D eigenvalue weighted by molar-refractivity contribution is -0.122. The summed E-state index contributed by atoms with van der Waals surface area (Å²) in [6, 6.07) is 11.8. The summed E-state index contributed by atoms with van der Waals surface area (Å²) in [5, 5.41) is 4.61. The zero-order chi connectivity index (χ0) is 16.1. The molecule has 118 valence electrons. The minimum Gasteiger partial charge on any atom is -0.343 e. The number of thiophene rings is 1. The molecule has 1 aromatic heterocycles. The lowest BCUT2D eigenvalue weighted by Gasteiger charge is -2.29. The van der Waals surface area contributed by atoms with Crippen LogP contribution in [0.3, 0.4) is 0 Å². The standard InChI is InChI=1S/C18H18N2O2S/c21-17(10-9-15-7-4-12-23-15)19-13-18(22)20-11-3-6-14-5-1-2-8-16(14)20/h1-2,4-5,7-10,12H,3,6,11,13H2,(H,19,21)/b10-9+. The molecule has 0 atom stereocenters. The third-order valence-electron chi connectivity index (χ3n) is 3.77. The molecule has 3 rings (SSSR count). The van der Waals surface area contributed by atoms with E-state index in [4.69, 9.17) is 0 Å². The second kappa shape index (κ2) is 7.24. The Morgan fingerprint density at radius 2 is 2.09 bits per heavy atom. The van der Waals surface area contributed by atoms with Crippen molar-refractivity contribution in [2.45, 2.75) is 12.8 Å². The molecule has 0 saturated carbocycles. The van der Waals surface area contributed by atoms with Crippen molar-refractivity contribution in [3.05, 3.63) is 58.3 Å². The Hall–Kier alpha value is -2.40. The number of carbonyl (C=O) groups excluding carboxylic acids is 2. The number of carbonyl (C=O) groups is 2. The van der Waals surface area contributed by atoms with Crippen LogP contribution in [-0.2, 0) is 16.0 Å². The first-order chi connectivity index (χ1) is 11.2. The quantitative estimate of drug-likeness (QED) is 0.878. The second-order valence-corrected chi connectivity index (χ2v) is 6.32. The Labute approximate surface area is 139 Å². The van der Waals surface area contributed by atoms with Crippen LogP contribution in [0, 0.1) is 0 Å². The van der Waals surface area contributed by atoms with Crippen LogP contribution in [-0.4, -0.2) is 24.9 Å². The Morgan fingerprint density at radius 1 is 1.22 bits per heavy atom. The van der Waals surface area contributed by atoms with Crippen molar-refractivity contribution in [3.63, 3.8) is 0 Å². The van der Waals surface area contributed by atoms with Gasteiger partial charge in [-0.2, -0.15) is 0 Å². The summed E-state index contributed by atoms with van der Waals surface area (Å²) >= 11 is 1.56. The van der Waals surface area contributed by atoms with E-state index in [9.17, 15) is 9.59 Å². The lowest BCUT2D eigenvalue weighted by atomic mass is 10.0. The summed E-state index contributed by atoms with van der Waals surface area (Å²) in [5.74, 6) is -0.327. The number of fused-ring (bicyclic) bond motifs is 1. The molecule has 0 radical (unpaired) electrons. The van der Waals surface area contributed by atoms with E-state index in [2.05, 4.69) is 11.4 Å². The Morgan fingerprint density at radius 3 is 2.91 bits per heavy atom. The lowest BCUT2D eigenvalue weighted by Crippen LogP contribution is -2.42. The highest BCUT2D eigenvalue weighted by Crippen LogP contribution is 2.26. The number of hydrogen-bond donors (Lipinski definition) is 1. The van der Waals surface area contributed by atoms with E-state index < -0.39 is 0 Å². The van der Waals surface area contributed by atoms with Crippen LogP contribution in [0.15, 0.2) is 47.9 Å². The van der Waals surface area contributed by atoms with E-state index in [0.717, 1.165) is 23.4 Å². The molecule has 1 aliphatic rings. The summed E-state index contributed by atoms with van der Waals surface area (Å²) in [6.45, 7) is 0.721. The number of amides is 2. The Bertz CT molecular complexity index is 722. The topological polar surface area (TPSA) is 49.4 Å². The van der Waals surface area contributed by atoms with Crippen molar-refractivity contribution >= 4 is 34.9 Å². The average molecular weight is 326 g/mol. The van der Waals surface area contributed by atoms with Crippen molar-refractivity contribution in [2.75, 3.05) is 18.0 Å². The van der Waals surface area contributed by atoms with Crippen LogP contribution in [0.5, 0.6) is 0 Å². The molecular formula is C18H18N2O2S. The molecule has 4 nitrogen and oxygen atoms in total. The Balaban J connectivity index is 1.57. The third-order valence-corrected chi connectivity index (χ3v) is 4.60. The monoisotopic (exact) mass is 326 g/mol. The molecule has 23 heavy (non-hydrogen) atoms. The van der Waals surface area contributed by atoms with Gasteiger partial charge in [0.1, 0.15) is 0 Å². The first-order valence-electron chi connectivity index (χ1n) is 7.62. The number of nitrogens with one attached hydrogen (secondary N) is 1. The van der Waals surface area contributed by atoms with Crippen LogP contribution in [0.25, 0.3) is 6.08 Å². The summed E-state index contributed by atoms with van der Waals surface area (Å²) in [5.41, 5.74) is 2.16. The smallest absolute Gasteiger partial charge is 0.246 e. The van der Waals surface area contributed by atoms with E-state index in [-0.39, 0.29) is 18.4 Å². The molecule has 0 saturated heterocycles. The molecule has 0 fully saturated rings. The summed E-state index contributed by atoms with van der Waals surface area (Å²) in [7, 11) is 0. The van der Waals surface area contributed by atoms with Crippen molar-refractivity contribution in [1.82, 2.24) is 5.32 Å². The number of rotatable bonds is 4. The van der Waals surface area contributed by atoms with E-state index in [0.29, 0.717) is 6.54 Å². The number of anilines is 1. The van der Waals surface area contributed by atoms with Gasteiger partial charge in [-0.25, -0.2) is 0 Å². The summed E-state index contributed by atoms with van der Waals surface area (Å²) in [6.07, 6.45) is 5.16. The zero-order valence-corrected chi connectivity index (χ0v) is 13.5. The second-order valence-electron chi connectivity index (χ2n) is 5.34. The van der Waals surface area contributed by atoms with Crippen LogP contribution in [0.2, 0.25) is 0 Å². The van der Waals surface area contributed by atoms with Gasteiger partial charge in [-0.3, -0.25) is 9.59 Å². The molecule has 0 spiro atoms. The van der Waals surface area contributed by atoms with Crippen molar-refractivity contribution in [1.29, 1.82) is 0 Å². The highest BCUT2D eigenvalue weighted by atomic mass is 32.1. The molecule has 2 aromatic rings. The maximum atomic E-state index is 12.4. The molecule has 2 amide bonds. The van der Waals surface area contributed by atoms with Gasteiger partial charge >= 0.3 is 0 Å². The zero-order valence-electron chi connectivity index (χ0n) is 12.7. The largest absolute Gasteiger partial charge is 0.343 e. The van der Waals surface area contributed by atoms with Crippen LogP contribution < -0.4 is 10.2 Å². The van der Waals surface area contributed by atoms with Gasteiger partial charge in [0, 0.05) is 23.2 Å². The van der Waals surface area contributed by atoms with Gasteiger partial charge in [-0.15, -0.1) is 11.3 Å². The van der Waals surface area contributed by atoms with Crippen LogP contribution in [0.1, 0.15) is 16.9 Å². The highest BCUT2D eigenvalue weighted by Gasteiger charge is 2.21. The highest BCUT2D eigenvalue weighted by molar-refractivity contribution is 7.10. The van der Waals surface area contributed by atoms with Crippen LogP contribution in [0.4, 0.5) is 5.69 Å². The van der Waals surface area contributed by atoms with E-state index in [1.54, 1.807) is 22.3 Å². The number of benzene rings is 1. The van der Waals surface area contributed by atoms with Crippen LogP contribution >= 0.6 is 11.3 Å². The fourth-order valence-electron chi connectivity index (χ4n) is 2.65. The molecule has 5 heteroatoms. The predicted molar refractivity (Wildman–Crippen MR) is 93.5 cm³/mol. The number of hydrogen-bond acceptors (Lipinski definition) is 3. The van der Waals surface area contributed by atoms with Gasteiger partial charge < -0.3 is 10.2 Å². The van der Waals surface area contributed by atoms with Gasteiger partial charge in [-0.1, -0.05) is 24.3 Å². The number of nitrogens with zero attached hydrogens (tertiary/aromatic N) is 1. The van der Waals surface area contributed by atoms with Crippen molar-refractivity contribution in [2.24, 2.45) is 0 Å². The number of para-hydroxylation sites is 1. The van der Waals surface area contributed by atoms with Gasteiger partial charge in [0.05, 0.1) is 6.54 Å². The van der Waals surface area contributed by atoms with E-state index >= 15 is 0 Å². The molecule has 0 bridgehead atoms. The molecular weight excluding hydrogens is 308 g/mol. The molecule has 1 aliphatic heterocycles. The minimum atomic E-state index is -0.253. The SMILES string of the molecule is O=C(/C=C/c1cccs1)NCC(=O)N1CCCc2ccccc21. The fraction of sp³-hybridized carbons (Fsp3) is 0.222.